The van der Waals surface area contributed by atoms with E-state index in [1.165, 1.54) is 19.3 Å². The molecule has 1 unspecified atom stereocenters. The molecule has 1 saturated heterocycles. The van der Waals surface area contributed by atoms with Crippen molar-refractivity contribution in [3.63, 3.8) is 0 Å². The van der Waals surface area contributed by atoms with E-state index in [2.05, 4.69) is 5.32 Å². The number of nitrogens with one attached hydrogen (secondary N) is 1. The van der Waals surface area contributed by atoms with Crippen LogP contribution < -0.4 is 11.1 Å². The van der Waals surface area contributed by atoms with Crippen molar-refractivity contribution in [1.82, 2.24) is 10.2 Å². The molecule has 0 aromatic heterocycles. The second-order valence-corrected chi connectivity index (χ2v) is 4.34. The molecule has 2 rings (SSSR count). The lowest BCUT2D eigenvalue weighted by molar-refractivity contribution is 0.217. The lowest BCUT2D eigenvalue weighted by Crippen LogP contribution is -2.37. The number of nitrogens with two attached hydrogens (primary N) is 1. The molecule has 14 heavy (non-hydrogen) atoms. The summed E-state index contributed by atoms with van der Waals surface area (Å²) in [6, 6.07) is 0.518. The Hall–Kier alpha value is -0.770. The third-order valence-electron chi connectivity index (χ3n) is 3.36. The van der Waals surface area contributed by atoms with E-state index in [4.69, 9.17) is 5.73 Å². The van der Waals surface area contributed by atoms with E-state index in [1.54, 1.807) is 0 Å². The first-order chi connectivity index (χ1) is 6.81. The van der Waals surface area contributed by atoms with Crippen LogP contribution in [-0.2, 0) is 0 Å². The highest BCUT2D eigenvalue weighted by Gasteiger charge is 2.36. The zero-order chi connectivity index (χ0) is 9.97. The molecule has 80 valence electrons. The Kier molecular flexibility index (Phi) is 2.91. The van der Waals surface area contributed by atoms with Crippen LogP contribution in [0, 0.1) is 5.92 Å². The van der Waals surface area contributed by atoms with E-state index < -0.39 is 0 Å². The number of amides is 2. The number of hydrogen-bond acceptors (Lipinski definition) is 2. The second kappa shape index (κ2) is 4.17. The standard InChI is InChI=1S/C10H19N3O/c11-5-2-6-13-7-9(12-10(13)14)8-3-1-4-8/h8-9H,1-7,11H2,(H,12,14). The molecule has 1 heterocycles. The summed E-state index contributed by atoms with van der Waals surface area (Å²) in [6.45, 7) is 2.37. The van der Waals surface area contributed by atoms with Crippen molar-refractivity contribution in [1.29, 1.82) is 0 Å². The number of hydrogen-bond donors (Lipinski definition) is 2. The minimum Gasteiger partial charge on any atom is -0.333 e. The molecule has 0 spiro atoms. The number of nitrogens with zero attached hydrogens (tertiary/aromatic N) is 1. The Morgan fingerprint density at radius 1 is 1.50 bits per heavy atom. The quantitative estimate of drug-likeness (QED) is 0.690. The summed E-state index contributed by atoms with van der Waals surface area (Å²) in [5.41, 5.74) is 5.43. The maximum absolute atomic E-state index is 11.5. The molecule has 0 bridgehead atoms. The van der Waals surface area contributed by atoms with Gasteiger partial charge >= 0.3 is 6.03 Å². The van der Waals surface area contributed by atoms with Crippen molar-refractivity contribution in [2.24, 2.45) is 11.7 Å². The molecule has 2 aliphatic rings. The Balaban J connectivity index is 1.80. The SMILES string of the molecule is NCCCN1CC(C2CCC2)NC1=O. The van der Waals surface area contributed by atoms with Gasteiger partial charge in [0.25, 0.3) is 0 Å². The molecule has 1 saturated carbocycles. The van der Waals surface area contributed by atoms with Gasteiger partial charge in [0.1, 0.15) is 0 Å². The minimum absolute atomic E-state index is 0.107. The first kappa shape index (κ1) is 9.77. The molecule has 4 heteroatoms. The van der Waals surface area contributed by atoms with Gasteiger partial charge in [0.05, 0.1) is 6.04 Å². The van der Waals surface area contributed by atoms with E-state index in [0.717, 1.165) is 25.4 Å². The summed E-state index contributed by atoms with van der Waals surface area (Å²) in [7, 11) is 0. The van der Waals surface area contributed by atoms with E-state index in [1.807, 2.05) is 4.90 Å². The van der Waals surface area contributed by atoms with Gasteiger partial charge in [-0.25, -0.2) is 4.79 Å². The lowest BCUT2D eigenvalue weighted by Gasteiger charge is -2.30. The normalized spacial score (nSPS) is 27.6. The van der Waals surface area contributed by atoms with Gasteiger partial charge in [0, 0.05) is 13.1 Å². The second-order valence-electron chi connectivity index (χ2n) is 4.34. The van der Waals surface area contributed by atoms with Gasteiger partial charge in [-0.2, -0.15) is 0 Å². The van der Waals surface area contributed by atoms with Crippen LogP contribution in [0.1, 0.15) is 25.7 Å². The Morgan fingerprint density at radius 3 is 2.86 bits per heavy atom. The summed E-state index contributed by atoms with van der Waals surface area (Å²) in [5, 5.41) is 3.06. The zero-order valence-corrected chi connectivity index (χ0v) is 8.54. The molecule has 1 aliphatic carbocycles. The molecule has 0 aromatic carbocycles. The highest BCUT2D eigenvalue weighted by atomic mass is 16.2. The maximum atomic E-state index is 11.5. The predicted molar refractivity (Wildman–Crippen MR) is 54.9 cm³/mol. The number of carbonyl (C=O) groups excluding carboxylic acids is 1. The van der Waals surface area contributed by atoms with Crippen LogP contribution in [0.5, 0.6) is 0 Å². The minimum atomic E-state index is 0.107. The van der Waals surface area contributed by atoms with Crippen molar-refractivity contribution in [3.05, 3.63) is 0 Å². The Labute approximate surface area is 84.8 Å². The number of carbonyl (C=O) groups is 1. The molecular formula is C10H19N3O. The van der Waals surface area contributed by atoms with Gasteiger partial charge in [0.15, 0.2) is 0 Å². The number of urea groups is 1. The van der Waals surface area contributed by atoms with Gasteiger partial charge in [-0.1, -0.05) is 6.42 Å². The molecule has 2 fully saturated rings. The molecule has 0 aromatic rings. The zero-order valence-electron chi connectivity index (χ0n) is 8.54. The van der Waals surface area contributed by atoms with Gasteiger partial charge < -0.3 is 16.0 Å². The largest absolute Gasteiger partial charge is 0.333 e. The summed E-state index contributed by atoms with van der Waals surface area (Å²) in [4.78, 5) is 13.4. The summed E-state index contributed by atoms with van der Waals surface area (Å²) >= 11 is 0. The van der Waals surface area contributed by atoms with Crippen LogP contribution in [-0.4, -0.2) is 36.6 Å². The van der Waals surface area contributed by atoms with E-state index in [0.29, 0.717) is 12.6 Å². The summed E-state index contributed by atoms with van der Waals surface area (Å²) in [6.07, 6.45) is 4.82. The summed E-state index contributed by atoms with van der Waals surface area (Å²) in [5.74, 6) is 0.738. The van der Waals surface area contributed by atoms with Crippen molar-refractivity contribution >= 4 is 6.03 Å². The monoisotopic (exact) mass is 197 g/mol. The molecule has 1 aliphatic heterocycles. The average Bonchev–Trinajstić information content (AvgIpc) is 2.40. The smallest absolute Gasteiger partial charge is 0.317 e. The Bertz CT molecular complexity index is 215. The fraction of sp³-hybridized carbons (Fsp3) is 0.900. The Morgan fingerprint density at radius 2 is 2.29 bits per heavy atom. The maximum Gasteiger partial charge on any atom is 0.317 e. The van der Waals surface area contributed by atoms with Gasteiger partial charge in [-0.05, 0) is 31.7 Å². The van der Waals surface area contributed by atoms with Crippen molar-refractivity contribution < 1.29 is 4.79 Å². The van der Waals surface area contributed by atoms with Crippen LogP contribution in [0.2, 0.25) is 0 Å². The summed E-state index contributed by atoms with van der Waals surface area (Å²) < 4.78 is 0. The molecule has 2 amide bonds. The van der Waals surface area contributed by atoms with Crippen LogP contribution in [0.4, 0.5) is 4.79 Å². The highest BCUT2D eigenvalue weighted by Crippen LogP contribution is 2.31. The van der Waals surface area contributed by atoms with Crippen LogP contribution in [0.25, 0.3) is 0 Å². The van der Waals surface area contributed by atoms with E-state index >= 15 is 0 Å². The van der Waals surface area contributed by atoms with Gasteiger partial charge in [-0.15, -0.1) is 0 Å². The van der Waals surface area contributed by atoms with Crippen molar-refractivity contribution in [2.45, 2.75) is 31.7 Å². The van der Waals surface area contributed by atoms with Gasteiger partial charge in [-0.3, -0.25) is 0 Å². The molecular weight excluding hydrogens is 178 g/mol. The first-order valence-corrected chi connectivity index (χ1v) is 5.57. The van der Waals surface area contributed by atoms with Crippen LogP contribution >= 0.6 is 0 Å². The topological polar surface area (TPSA) is 58.4 Å². The molecule has 1 atom stereocenters. The van der Waals surface area contributed by atoms with Crippen LogP contribution in [0.3, 0.4) is 0 Å². The average molecular weight is 197 g/mol. The third kappa shape index (κ3) is 1.85. The fourth-order valence-corrected chi connectivity index (χ4v) is 2.20. The van der Waals surface area contributed by atoms with Crippen LogP contribution in [0.15, 0.2) is 0 Å². The predicted octanol–water partition coefficient (Wildman–Crippen LogP) is 0.529. The third-order valence-corrected chi connectivity index (χ3v) is 3.36. The fourth-order valence-electron chi connectivity index (χ4n) is 2.20. The van der Waals surface area contributed by atoms with Gasteiger partial charge in [0.2, 0.25) is 0 Å². The number of rotatable bonds is 4. The first-order valence-electron chi connectivity index (χ1n) is 5.57. The van der Waals surface area contributed by atoms with E-state index in [-0.39, 0.29) is 6.03 Å². The van der Waals surface area contributed by atoms with Crippen molar-refractivity contribution in [3.8, 4) is 0 Å². The lowest BCUT2D eigenvalue weighted by atomic mass is 9.80. The molecule has 3 N–H and O–H groups in total. The van der Waals surface area contributed by atoms with Crippen molar-refractivity contribution in [2.75, 3.05) is 19.6 Å². The van der Waals surface area contributed by atoms with E-state index in [9.17, 15) is 4.79 Å². The molecule has 4 nitrogen and oxygen atoms in total. The highest BCUT2D eigenvalue weighted by molar-refractivity contribution is 5.76. The molecule has 0 radical (unpaired) electrons.